The van der Waals surface area contributed by atoms with Gasteiger partial charge in [0.05, 0.1) is 20.3 Å². The van der Waals surface area contributed by atoms with Gasteiger partial charge < -0.3 is 19.0 Å². The van der Waals surface area contributed by atoms with Crippen molar-refractivity contribution in [3.05, 3.63) is 52.1 Å². The van der Waals surface area contributed by atoms with E-state index in [1.54, 1.807) is 24.3 Å². The summed E-state index contributed by atoms with van der Waals surface area (Å²) in [6, 6.07) is 4.92. The summed E-state index contributed by atoms with van der Waals surface area (Å²) in [6.45, 7) is 2.03. The van der Waals surface area contributed by atoms with Crippen molar-refractivity contribution in [2.75, 3.05) is 20.3 Å². The van der Waals surface area contributed by atoms with Gasteiger partial charge in [0.2, 0.25) is 0 Å². The van der Waals surface area contributed by atoms with Gasteiger partial charge in [-0.1, -0.05) is 18.2 Å². The van der Waals surface area contributed by atoms with Crippen LogP contribution in [0.4, 0.5) is 0 Å². The first-order valence-electron chi connectivity index (χ1n) is 9.58. The highest BCUT2D eigenvalue weighted by Crippen LogP contribution is 2.29. The Morgan fingerprint density at radius 3 is 2.60 bits per heavy atom. The van der Waals surface area contributed by atoms with Crippen molar-refractivity contribution in [2.45, 2.75) is 39.0 Å². The van der Waals surface area contributed by atoms with E-state index in [1.807, 2.05) is 19.1 Å². The SMILES string of the molecule is C/C=C\CCCC(=O)Oc1ccc(/C=C/C(=O)OCCCCO[N+](=O)[O-])cc1OC. The summed E-state index contributed by atoms with van der Waals surface area (Å²) in [7, 11) is 1.46. The lowest BCUT2D eigenvalue weighted by Crippen LogP contribution is -2.08. The largest absolute Gasteiger partial charge is 0.493 e. The number of hydrogen-bond donors (Lipinski definition) is 0. The number of allylic oxidation sites excluding steroid dienone is 2. The Labute approximate surface area is 175 Å². The van der Waals surface area contributed by atoms with Gasteiger partial charge in [-0.3, -0.25) is 4.79 Å². The molecule has 1 aromatic rings. The molecule has 0 spiro atoms. The highest BCUT2D eigenvalue weighted by atomic mass is 16.9. The molecule has 0 aliphatic rings. The predicted molar refractivity (Wildman–Crippen MR) is 109 cm³/mol. The number of carbonyl (C=O) groups excluding carboxylic acids is 2. The number of carbonyl (C=O) groups is 2. The van der Waals surface area contributed by atoms with Gasteiger partial charge in [0.25, 0.3) is 5.09 Å². The van der Waals surface area contributed by atoms with Crippen molar-refractivity contribution in [1.29, 1.82) is 0 Å². The molecule has 0 saturated heterocycles. The van der Waals surface area contributed by atoms with Crippen LogP contribution in [0.2, 0.25) is 0 Å². The third-order valence-corrected chi connectivity index (χ3v) is 3.79. The summed E-state index contributed by atoms with van der Waals surface area (Å²) in [5.74, 6) is -0.197. The van der Waals surface area contributed by atoms with Crippen molar-refractivity contribution >= 4 is 18.0 Å². The Hall–Kier alpha value is -3.36. The number of esters is 2. The molecule has 0 aromatic heterocycles. The molecule has 9 nitrogen and oxygen atoms in total. The Kier molecular flexibility index (Phi) is 12.0. The topological polar surface area (TPSA) is 114 Å². The maximum absolute atomic E-state index is 11.9. The lowest BCUT2D eigenvalue weighted by molar-refractivity contribution is -0.757. The number of ether oxygens (including phenoxy) is 3. The van der Waals surface area contributed by atoms with Crippen LogP contribution >= 0.6 is 0 Å². The zero-order valence-corrected chi connectivity index (χ0v) is 17.2. The fourth-order valence-electron chi connectivity index (χ4n) is 2.31. The molecule has 0 aliphatic heterocycles. The molecule has 0 radical (unpaired) electrons. The highest BCUT2D eigenvalue weighted by molar-refractivity contribution is 5.87. The van der Waals surface area contributed by atoms with Crippen LogP contribution in [-0.4, -0.2) is 37.3 Å². The van der Waals surface area contributed by atoms with E-state index in [0.29, 0.717) is 42.7 Å². The van der Waals surface area contributed by atoms with Gasteiger partial charge in [0.1, 0.15) is 0 Å². The molecular formula is C21H27NO8. The second kappa shape index (κ2) is 14.6. The van der Waals surface area contributed by atoms with Crippen LogP contribution in [0, 0.1) is 10.1 Å². The Balaban J connectivity index is 2.48. The van der Waals surface area contributed by atoms with E-state index in [2.05, 4.69) is 4.84 Å². The molecule has 0 aliphatic carbocycles. The molecule has 9 heteroatoms. The smallest absolute Gasteiger partial charge is 0.330 e. The summed E-state index contributed by atoms with van der Waals surface area (Å²) in [4.78, 5) is 37.8. The second-order valence-electron chi connectivity index (χ2n) is 6.11. The molecule has 0 amide bonds. The van der Waals surface area contributed by atoms with Crippen molar-refractivity contribution in [2.24, 2.45) is 0 Å². The molecule has 0 fully saturated rings. The number of nitrogens with zero attached hydrogens (tertiary/aromatic N) is 1. The van der Waals surface area contributed by atoms with Crippen molar-refractivity contribution < 1.29 is 33.7 Å². The molecule has 0 saturated carbocycles. The fourth-order valence-corrected chi connectivity index (χ4v) is 2.31. The maximum atomic E-state index is 11.9. The first-order valence-corrected chi connectivity index (χ1v) is 9.58. The average Bonchev–Trinajstić information content (AvgIpc) is 2.72. The summed E-state index contributed by atoms with van der Waals surface area (Å²) in [5.41, 5.74) is 0.663. The molecule has 30 heavy (non-hydrogen) atoms. The van der Waals surface area contributed by atoms with Gasteiger partial charge in [-0.05, 0) is 56.4 Å². The highest BCUT2D eigenvalue weighted by Gasteiger charge is 2.10. The molecule has 0 N–H and O–H groups in total. The normalized spacial score (nSPS) is 10.9. The predicted octanol–water partition coefficient (Wildman–Crippen LogP) is 3.89. The molecule has 0 unspecified atom stereocenters. The van der Waals surface area contributed by atoms with Gasteiger partial charge in [-0.2, -0.15) is 0 Å². The second-order valence-corrected chi connectivity index (χ2v) is 6.11. The molecule has 164 valence electrons. The molecule has 0 bridgehead atoms. The van der Waals surface area contributed by atoms with E-state index >= 15 is 0 Å². The Bertz CT molecular complexity index is 757. The van der Waals surface area contributed by atoms with Gasteiger partial charge in [0, 0.05) is 12.5 Å². The van der Waals surface area contributed by atoms with Crippen LogP contribution < -0.4 is 9.47 Å². The first kappa shape index (κ1) is 24.7. The van der Waals surface area contributed by atoms with Crippen LogP contribution in [0.1, 0.15) is 44.6 Å². The molecule has 0 atom stereocenters. The van der Waals surface area contributed by atoms with E-state index in [9.17, 15) is 19.7 Å². The summed E-state index contributed by atoms with van der Waals surface area (Å²) >= 11 is 0. The zero-order valence-electron chi connectivity index (χ0n) is 17.2. The molecule has 1 rings (SSSR count). The van der Waals surface area contributed by atoms with Gasteiger partial charge in [-0.25, -0.2) is 4.79 Å². The van der Waals surface area contributed by atoms with Crippen LogP contribution in [0.25, 0.3) is 6.08 Å². The van der Waals surface area contributed by atoms with E-state index < -0.39 is 11.1 Å². The minimum Gasteiger partial charge on any atom is -0.493 e. The Morgan fingerprint density at radius 2 is 1.90 bits per heavy atom. The van der Waals surface area contributed by atoms with Gasteiger partial charge in [0.15, 0.2) is 11.5 Å². The standard InChI is InChI=1S/C21H27NO8/c1-3-4-5-6-9-21(24)30-18-12-10-17(16-19(18)27-2)11-13-20(23)28-14-7-8-15-29-22(25)26/h3-4,10-13,16H,5-9,14-15H2,1-2H3/b4-3-,13-11+. The number of benzene rings is 1. The monoisotopic (exact) mass is 421 g/mol. The van der Waals surface area contributed by atoms with Crippen LogP contribution in [0.3, 0.4) is 0 Å². The minimum atomic E-state index is -0.861. The fraction of sp³-hybridized carbons (Fsp3) is 0.429. The third-order valence-electron chi connectivity index (χ3n) is 3.79. The van der Waals surface area contributed by atoms with E-state index in [1.165, 1.54) is 13.2 Å². The number of hydrogen-bond acceptors (Lipinski definition) is 8. The Morgan fingerprint density at radius 1 is 1.13 bits per heavy atom. The molecule has 1 aromatic carbocycles. The van der Waals surface area contributed by atoms with E-state index in [4.69, 9.17) is 14.2 Å². The van der Waals surface area contributed by atoms with Gasteiger partial charge >= 0.3 is 11.9 Å². The van der Waals surface area contributed by atoms with Crippen molar-refractivity contribution in [1.82, 2.24) is 0 Å². The minimum absolute atomic E-state index is 0.0348. The van der Waals surface area contributed by atoms with Crippen LogP contribution in [0.5, 0.6) is 11.5 Å². The molecule has 0 heterocycles. The van der Waals surface area contributed by atoms with Crippen molar-refractivity contribution in [3.63, 3.8) is 0 Å². The van der Waals surface area contributed by atoms with E-state index in [-0.39, 0.29) is 19.2 Å². The van der Waals surface area contributed by atoms with Crippen LogP contribution in [-0.2, 0) is 19.2 Å². The van der Waals surface area contributed by atoms with Crippen molar-refractivity contribution in [3.8, 4) is 11.5 Å². The maximum Gasteiger partial charge on any atom is 0.330 e. The summed E-state index contributed by atoms with van der Waals surface area (Å²) < 4.78 is 15.6. The van der Waals surface area contributed by atoms with E-state index in [0.717, 1.165) is 6.42 Å². The quantitative estimate of drug-likeness (QED) is 0.0845. The number of methoxy groups -OCH3 is 1. The summed E-state index contributed by atoms with van der Waals surface area (Å²) in [5, 5.41) is 9.14. The third kappa shape index (κ3) is 10.8. The lowest BCUT2D eigenvalue weighted by atomic mass is 10.2. The number of unbranched alkanes of at least 4 members (excludes halogenated alkanes) is 2. The average molecular weight is 421 g/mol. The van der Waals surface area contributed by atoms with Crippen LogP contribution in [0.15, 0.2) is 36.4 Å². The molecular weight excluding hydrogens is 394 g/mol. The lowest BCUT2D eigenvalue weighted by Gasteiger charge is -2.10. The number of rotatable bonds is 14. The van der Waals surface area contributed by atoms with Gasteiger partial charge in [-0.15, -0.1) is 10.1 Å². The zero-order chi connectivity index (χ0) is 22.2. The first-order chi connectivity index (χ1) is 14.5. The summed E-state index contributed by atoms with van der Waals surface area (Å²) in [6.07, 6.45) is 9.42.